The average molecular weight is 193 g/mol. The van der Waals surface area contributed by atoms with Gasteiger partial charge in [0.05, 0.1) is 6.26 Å². The molecule has 15 heavy (non-hydrogen) atoms. The second-order valence-corrected chi connectivity index (χ2v) is 3.44. The maximum atomic E-state index is 5.59. The van der Waals surface area contributed by atoms with Crippen molar-refractivity contribution in [3.05, 3.63) is 60.9 Å². The number of rotatable bonds is 1. The largest absolute Gasteiger partial charge is 0.463 e. The van der Waals surface area contributed by atoms with E-state index < -0.39 is 0 Å². The van der Waals surface area contributed by atoms with Crippen molar-refractivity contribution in [2.24, 2.45) is 0 Å². The van der Waals surface area contributed by atoms with E-state index in [1.54, 1.807) is 6.26 Å². The van der Waals surface area contributed by atoms with Gasteiger partial charge in [-0.05, 0) is 6.07 Å². The van der Waals surface area contributed by atoms with Crippen LogP contribution >= 0.6 is 0 Å². The van der Waals surface area contributed by atoms with Gasteiger partial charge >= 0.3 is 0 Å². The van der Waals surface area contributed by atoms with Crippen LogP contribution in [-0.2, 0) is 0 Å². The minimum atomic E-state index is 0.930. The van der Waals surface area contributed by atoms with Crippen LogP contribution in [0, 0.1) is 6.07 Å². The normalized spacial score (nSPS) is 10.7. The van der Waals surface area contributed by atoms with Crippen molar-refractivity contribution in [2.75, 3.05) is 0 Å². The van der Waals surface area contributed by atoms with E-state index in [4.69, 9.17) is 4.42 Å². The topological polar surface area (TPSA) is 13.1 Å². The van der Waals surface area contributed by atoms with Crippen molar-refractivity contribution < 1.29 is 4.42 Å². The van der Waals surface area contributed by atoms with Gasteiger partial charge in [-0.1, -0.05) is 48.5 Å². The van der Waals surface area contributed by atoms with Crippen molar-refractivity contribution in [3.8, 4) is 11.3 Å². The fourth-order valence-corrected chi connectivity index (χ4v) is 1.75. The van der Waals surface area contributed by atoms with E-state index in [1.807, 2.05) is 36.4 Å². The van der Waals surface area contributed by atoms with Gasteiger partial charge in [-0.25, -0.2) is 0 Å². The number of hydrogen-bond donors (Lipinski definition) is 0. The highest BCUT2D eigenvalue weighted by Crippen LogP contribution is 2.29. The van der Waals surface area contributed by atoms with Gasteiger partial charge in [0.25, 0.3) is 0 Å². The number of benzene rings is 2. The quantitative estimate of drug-likeness (QED) is 0.571. The van der Waals surface area contributed by atoms with Crippen LogP contribution in [0.25, 0.3) is 22.1 Å². The van der Waals surface area contributed by atoms with E-state index in [9.17, 15) is 0 Å². The molecule has 0 aliphatic heterocycles. The molecular weight excluding hydrogens is 184 g/mol. The molecule has 0 fully saturated rings. The van der Waals surface area contributed by atoms with Gasteiger partial charge in [0.15, 0.2) is 0 Å². The van der Waals surface area contributed by atoms with Gasteiger partial charge in [0, 0.05) is 16.3 Å². The molecule has 0 saturated carbocycles. The van der Waals surface area contributed by atoms with Crippen LogP contribution in [0.3, 0.4) is 0 Å². The average Bonchev–Trinajstić information content (AvgIpc) is 2.74. The molecule has 1 heterocycles. The smallest absolute Gasteiger partial charge is 0.141 e. The number of fused-ring (bicyclic) bond motifs is 1. The van der Waals surface area contributed by atoms with Gasteiger partial charge in [-0.15, -0.1) is 0 Å². The summed E-state index contributed by atoms with van der Waals surface area (Å²) in [7, 11) is 0. The summed E-state index contributed by atoms with van der Waals surface area (Å²) in [6.07, 6.45) is 1.79. The third-order valence-corrected chi connectivity index (χ3v) is 2.49. The second-order valence-electron chi connectivity index (χ2n) is 3.44. The molecule has 2 aromatic carbocycles. The lowest BCUT2D eigenvalue weighted by Crippen LogP contribution is -1.73. The van der Waals surface area contributed by atoms with Crippen LogP contribution < -0.4 is 0 Å². The van der Waals surface area contributed by atoms with Crippen LogP contribution in [0.4, 0.5) is 0 Å². The second kappa shape index (κ2) is 3.28. The molecule has 0 spiro atoms. The van der Waals surface area contributed by atoms with Gasteiger partial charge in [0.2, 0.25) is 0 Å². The van der Waals surface area contributed by atoms with Gasteiger partial charge < -0.3 is 4.42 Å². The summed E-state index contributed by atoms with van der Waals surface area (Å²) in [5, 5.41) is 2.30. The summed E-state index contributed by atoms with van der Waals surface area (Å²) < 4.78 is 5.59. The first-order valence-corrected chi connectivity index (χ1v) is 4.88. The zero-order valence-corrected chi connectivity index (χ0v) is 8.10. The highest BCUT2D eigenvalue weighted by Gasteiger charge is 2.06. The molecule has 0 N–H and O–H groups in total. The predicted molar refractivity (Wildman–Crippen MR) is 60.5 cm³/mol. The van der Waals surface area contributed by atoms with E-state index in [2.05, 4.69) is 18.2 Å². The van der Waals surface area contributed by atoms with Crippen molar-refractivity contribution in [1.82, 2.24) is 0 Å². The summed E-state index contributed by atoms with van der Waals surface area (Å²) in [4.78, 5) is 0. The van der Waals surface area contributed by atoms with Crippen LogP contribution in [0.15, 0.2) is 59.2 Å². The van der Waals surface area contributed by atoms with Crippen LogP contribution in [0.1, 0.15) is 0 Å². The molecule has 1 nitrogen and oxygen atoms in total. The highest BCUT2D eigenvalue weighted by molar-refractivity contribution is 5.93. The zero-order chi connectivity index (χ0) is 10.1. The van der Waals surface area contributed by atoms with E-state index >= 15 is 0 Å². The van der Waals surface area contributed by atoms with Gasteiger partial charge in [-0.2, -0.15) is 0 Å². The molecule has 0 atom stereocenters. The van der Waals surface area contributed by atoms with Crippen LogP contribution in [0.5, 0.6) is 0 Å². The predicted octanol–water partition coefficient (Wildman–Crippen LogP) is 3.90. The molecule has 1 heteroatoms. The molecule has 0 amide bonds. The monoisotopic (exact) mass is 193 g/mol. The Bertz CT molecular complexity index is 578. The number of hydrogen-bond acceptors (Lipinski definition) is 1. The summed E-state index contributed by atoms with van der Waals surface area (Å²) >= 11 is 0. The first-order chi connectivity index (χ1) is 7.45. The molecule has 0 bridgehead atoms. The Morgan fingerprint density at radius 3 is 2.60 bits per heavy atom. The van der Waals surface area contributed by atoms with Gasteiger partial charge in [-0.3, -0.25) is 0 Å². The Labute approximate surface area is 88.0 Å². The van der Waals surface area contributed by atoms with E-state index in [0.717, 1.165) is 22.1 Å². The van der Waals surface area contributed by atoms with Crippen molar-refractivity contribution >= 4 is 10.8 Å². The SMILES string of the molecule is [c]1ccc(-c2occ3ccccc23)cc1. The highest BCUT2D eigenvalue weighted by atomic mass is 16.3. The lowest BCUT2D eigenvalue weighted by Gasteiger charge is -1.96. The molecule has 0 aliphatic carbocycles. The Morgan fingerprint density at radius 1 is 0.933 bits per heavy atom. The van der Waals surface area contributed by atoms with Crippen molar-refractivity contribution in [3.63, 3.8) is 0 Å². The maximum Gasteiger partial charge on any atom is 0.141 e. The lowest BCUT2D eigenvalue weighted by atomic mass is 10.1. The molecule has 71 valence electrons. The van der Waals surface area contributed by atoms with E-state index in [-0.39, 0.29) is 0 Å². The van der Waals surface area contributed by atoms with Crippen molar-refractivity contribution in [2.45, 2.75) is 0 Å². The molecule has 3 aromatic rings. The molecule has 0 unspecified atom stereocenters. The maximum absolute atomic E-state index is 5.59. The molecule has 0 aliphatic rings. The first kappa shape index (κ1) is 8.30. The van der Waals surface area contributed by atoms with Gasteiger partial charge in [0.1, 0.15) is 5.76 Å². The van der Waals surface area contributed by atoms with E-state index in [0.29, 0.717) is 0 Å². The molecular formula is C14H9O. The van der Waals surface area contributed by atoms with E-state index in [1.165, 1.54) is 0 Å². The van der Waals surface area contributed by atoms with Crippen LogP contribution in [-0.4, -0.2) is 0 Å². The Kier molecular flexibility index (Phi) is 1.82. The van der Waals surface area contributed by atoms with Crippen LogP contribution in [0.2, 0.25) is 0 Å². The summed E-state index contributed by atoms with van der Waals surface area (Å²) in [6, 6.07) is 19.0. The molecule has 1 radical (unpaired) electrons. The lowest BCUT2D eigenvalue weighted by molar-refractivity contribution is 0.587. The fraction of sp³-hybridized carbons (Fsp3) is 0. The Hall–Kier alpha value is -2.02. The Balaban J connectivity index is 2.28. The minimum Gasteiger partial charge on any atom is -0.463 e. The fourth-order valence-electron chi connectivity index (χ4n) is 1.75. The third kappa shape index (κ3) is 1.33. The summed E-state index contributed by atoms with van der Waals surface area (Å²) in [5.74, 6) is 0.930. The third-order valence-electron chi connectivity index (χ3n) is 2.49. The van der Waals surface area contributed by atoms with Crippen molar-refractivity contribution in [1.29, 1.82) is 0 Å². The summed E-state index contributed by atoms with van der Waals surface area (Å²) in [6.45, 7) is 0. The number of furan rings is 1. The minimum absolute atomic E-state index is 0.930. The Morgan fingerprint density at radius 2 is 1.73 bits per heavy atom. The summed E-state index contributed by atoms with van der Waals surface area (Å²) in [5.41, 5.74) is 1.09. The zero-order valence-electron chi connectivity index (χ0n) is 8.10. The molecule has 3 rings (SSSR count). The molecule has 1 aromatic heterocycles. The first-order valence-electron chi connectivity index (χ1n) is 4.88. The molecule has 0 saturated heterocycles. The standard InChI is InChI=1S/C14H9O/c1-2-6-11(7-3-1)14-13-9-5-4-8-12(13)10-15-14/h2-10H.